The number of ether oxygens (including phenoxy) is 1. The van der Waals surface area contributed by atoms with Gasteiger partial charge >= 0.3 is 0 Å². The minimum Gasteiger partial charge on any atom is -0.496 e. The predicted molar refractivity (Wildman–Crippen MR) is 136 cm³/mol. The van der Waals surface area contributed by atoms with Crippen LogP contribution in [0.25, 0.3) is 27.7 Å². The molecule has 0 atom stereocenters. The van der Waals surface area contributed by atoms with E-state index in [-0.39, 0.29) is 11.8 Å². The van der Waals surface area contributed by atoms with Crippen LogP contribution in [0.3, 0.4) is 0 Å². The Balaban J connectivity index is 1.65. The summed E-state index contributed by atoms with van der Waals surface area (Å²) in [5, 5.41) is 7.08. The van der Waals surface area contributed by atoms with Gasteiger partial charge in [0.25, 0.3) is 0 Å². The Kier molecular flexibility index (Phi) is 6.70. The van der Waals surface area contributed by atoms with Gasteiger partial charge in [0.15, 0.2) is 0 Å². The van der Waals surface area contributed by atoms with Crippen molar-refractivity contribution in [3.63, 3.8) is 0 Å². The summed E-state index contributed by atoms with van der Waals surface area (Å²) in [5.74, 6) is 0.113. The zero-order chi connectivity index (χ0) is 24.2. The molecule has 0 spiro atoms. The molecule has 34 heavy (non-hydrogen) atoms. The molecule has 1 heterocycles. The van der Waals surface area contributed by atoms with E-state index >= 15 is 0 Å². The van der Waals surface area contributed by atoms with Crippen molar-refractivity contribution < 1.29 is 18.7 Å². The van der Waals surface area contributed by atoms with Crippen LogP contribution >= 0.6 is 11.6 Å². The first-order valence-corrected chi connectivity index (χ1v) is 10.9. The Labute approximate surface area is 202 Å². The van der Waals surface area contributed by atoms with E-state index in [2.05, 4.69) is 10.6 Å². The number of benzene rings is 3. The van der Waals surface area contributed by atoms with Crippen molar-refractivity contribution in [3.05, 3.63) is 83.6 Å². The SMILES string of the molecule is COc1cc2occ(-c3ccc(Cl)cc3)c2cc1/C(C)=C/C(=O)Nc1cccc(NC(C)=O)c1. The Morgan fingerprint density at radius 2 is 1.68 bits per heavy atom. The summed E-state index contributed by atoms with van der Waals surface area (Å²) in [6.45, 7) is 3.28. The number of furan rings is 1. The molecule has 7 heteroatoms. The fourth-order valence-corrected chi connectivity index (χ4v) is 3.84. The molecule has 0 saturated heterocycles. The molecular weight excluding hydrogens is 452 g/mol. The number of carbonyl (C=O) groups is 2. The maximum Gasteiger partial charge on any atom is 0.248 e. The number of hydrogen-bond acceptors (Lipinski definition) is 4. The van der Waals surface area contributed by atoms with Gasteiger partial charge in [0.2, 0.25) is 11.8 Å². The molecule has 4 rings (SSSR count). The lowest BCUT2D eigenvalue weighted by atomic mass is 9.99. The number of carbonyl (C=O) groups excluding carboxylic acids is 2. The van der Waals surface area contributed by atoms with Crippen molar-refractivity contribution in [2.75, 3.05) is 17.7 Å². The fourth-order valence-electron chi connectivity index (χ4n) is 3.72. The van der Waals surface area contributed by atoms with Crippen LogP contribution in [0.2, 0.25) is 5.02 Å². The lowest BCUT2D eigenvalue weighted by molar-refractivity contribution is -0.114. The average molecular weight is 475 g/mol. The number of rotatable bonds is 6. The molecule has 0 aliphatic rings. The van der Waals surface area contributed by atoms with Gasteiger partial charge in [-0.25, -0.2) is 0 Å². The summed E-state index contributed by atoms with van der Waals surface area (Å²) in [5.41, 5.74) is 5.24. The molecule has 0 radical (unpaired) electrons. The highest BCUT2D eigenvalue weighted by molar-refractivity contribution is 6.30. The highest BCUT2D eigenvalue weighted by atomic mass is 35.5. The van der Waals surface area contributed by atoms with Gasteiger partial charge in [0.1, 0.15) is 11.3 Å². The zero-order valence-electron chi connectivity index (χ0n) is 18.9. The Morgan fingerprint density at radius 1 is 0.971 bits per heavy atom. The van der Waals surface area contributed by atoms with E-state index < -0.39 is 0 Å². The van der Waals surface area contributed by atoms with Crippen LogP contribution in [0.15, 0.2) is 77.4 Å². The molecule has 0 bridgehead atoms. The van der Waals surface area contributed by atoms with Crippen molar-refractivity contribution in [3.8, 4) is 16.9 Å². The number of fused-ring (bicyclic) bond motifs is 1. The summed E-state index contributed by atoms with van der Waals surface area (Å²) in [7, 11) is 1.58. The first kappa shape index (κ1) is 23.1. The number of hydrogen-bond donors (Lipinski definition) is 2. The van der Waals surface area contributed by atoms with Gasteiger partial charge in [-0.15, -0.1) is 0 Å². The lowest BCUT2D eigenvalue weighted by Crippen LogP contribution is -2.10. The smallest absolute Gasteiger partial charge is 0.248 e. The van der Waals surface area contributed by atoms with E-state index in [1.807, 2.05) is 43.3 Å². The van der Waals surface area contributed by atoms with Crippen molar-refractivity contribution >= 4 is 51.3 Å². The summed E-state index contributed by atoms with van der Waals surface area (Å²) in [6, 6.07) is 18.2. The molecule has 2 N–H and O–H groups in total. The van der Waals surface area contributed by atoms with Gasteiger partial charge in [-0.2, -0.15) is 0 Å². The highest BCUT2D eigenvalue weighted by Crippen LogP contribution is 2.37. The number of allylic oxidation sites excluding steroid dienone is 1. The maximum atomic E-state index is 12.7. The Morgan fingerprint density at radius 3 is 2.35 bits per heavy atom. The summed E-state index contributed by atoms with van der Waals surface area (Å²) < 4.78 is 11.3. The molecule has 0 fully saturated rings. The molecule has 0 aliphatic heterocycles. The quantitative estimate of drug-likeness (QED) is 0.302. The number of methoxy groups -OCH3 is 1. The second-order valence-corrected chi connectivity index (χ2v) is 8.22. The molecule has 4 aromatic rings. The molecule has 3 aromatic carbocycles. The average Bonchev–Trinajstić information content (AvgIpc) is 3.21. The maximum absolute atomic E-state index is 12.7. The first-order chi connectivity index (χ1) is 16.3. The standard InChI is InChI=1S/C27H23ClN2O4/c1-16(11-27(32)30-21-6-4-5-20(12-21)29-17(2)31)22-13-23-24(18-7-9-19(28)10-8-18)15-34-26(23)14-25(22)33-3/h4-15H,1-3H3,(H,29,31)(H,30,32)/b16-11+. The van der Waals surface area contributed by atoms with Gasteiger partial charge in [0, 0.05) is 52.0 Å². The van der Waals surface area contributed by atoms with Crippen LogP contribution in [-0.2, 0) is 9.59 Å². The lowest BCUT2D eigenvalue weighted by Gasteiger charge is -2.11. The number of nitrogens with one attached hydrogen (secondary N) is 2. The van der Waals surface area contributed by atoms with E-state index in [0.717, 1.165) is 27.6 Å². The van der Waals surface area contributed by atoms with E-state index in [1.165, 1.54) is 13.0 Å². The zero-order valence-corrected chi connectivity index (χ0v) is 19.7. The van der Waals surface area contributed by atoms with Crippen molar-refractivity contribution in [1.82, 2.24) is 0 Å². The highest BCUT2D eigenvalue weighted by Gasteiger charge is 2.15. The second-order valence-electron chi connectivity index (χ2n) is 7.78. The molecule has 0 saturated carbocycles. The van der Waals surface area contributed by atoms with Gasteiger partial charge in [-0.3, -0.25) is 9.59 Å². The van der Waals surface area contributed by atoms with E-state index in [4.69, 9.17) is 20.8 Å². The van der Waals surface area contributed by atoms with Crippen LogP contribution < -0.4 is 15.4 Å². The van der Waals surface area contributed by atoms with Gasteiger partial charge in [-0.1, -0.05) is 29.8 Å². The monoisotopic (exact) mass is 474 g/mol. The number of halogens is 1. The molecular formula is C27H23ClN2O4. The fraction of sp³-hybridized carbons (Fsp3) is 0.111. The van der Waals surface area contributed by atoms with Gasteiger partial charge < -0.3 is 19.8 Å². The second kappa shape index (κ2) is 9.85. The Hall–Kier alpha value is -4.03. The van der Waals surface area contributed by atoms with Crippen LogP contribution in [0, 0.1) is 0 Å². The van der Waals surface area contributed by atoms with E-state index in [9.17, 15) is 9.59 Å². The Bertz CT molecular complexity index is 1400. The molecule has 1 aromatic heterocycles. The molecule has 6 nitrogen and oxygen atoms in total. The topological polar surface area (TPSA) is 80.6 Å². The molecule has 2 amide bonds. The minimum absolute atomic E-state index is 0.182. The normalized spacial score (nSPS) is 11.4. The summed E-state index contributed by atoms with van der Waals surface area (Å²) >= 11 is 6.03. The van der Waals surface area contributed by atoms with Crippen molar-refractivity contribution in [2.24, 2.45) is 0 Å². The van der Waals surface area contributed by atoms with Crippen LogP contribution in [-0.4, -0.2) is 18.9 Å². The van der Waals surface area contributed by atoms with Gasteiger partial charge in [-0.05, 0) is 54.5 Å². The number of anilines is 2. The van der Waals surface area contributed by atoms with Crippen LogP contribution in [0.1, 0.15) is 19.4 Å². The van der Waals surface area contributed by atoms with Crippen LogP contribution in [0.5, 0.6) is 5.75 Å². The van der Waals surface area contributed by atoms with Crippen molar-refractivity contribution in [1.29, 1.82) is 0 Å². The van der Waals surface area contributed by atoms with E-state index in [0.29, 0.717) is 27.7 Å². The summed E-state index contributed by atoms with van der Waals surface area (Å²) in [6.07, 6.45) is 3.21. The molecule has 0 aliphatic carbocycles. The van der Waals surface area contributed by atoms with E-state index in [1.54, 1.807) is 37.6 Å². The largest absolute Gasteiger partial charge is 0.496 e. The number of amides is 2. The third kappa shape index (κ3) is 5.13. The molecule has 0 unspecified atom stereocenters. The third-order valence-electron chi connectivity index (χ3n) is 5.27. The minimum atomic E-state index is -0.301. The van der Waals surface area contributed by atoms with Crippen LogP contribution in [0.4, 0.5) is 11.4 Å². The molecule has 172 valence electrons. The van der Waals surface area contributed by atoms with Crippen molar-refractivity contribution in [2.45, 2.75) is 13.8 Å². The van der Waals surface area contributed by atoms with Gasteiger partial charge in [0.05, 0.1) is 13.4 Å². The third-order valence-corrected chi connectivity index (χ3v) is 5.53. The predicted octanol–water partition coefficient (Wildman–Crippen LogP) is 6.76. The summed E-state index contributed by atoms with van der Waals surface area (Å²) in [4.78, 5) is 24.0. The first-order valence-electron chi connectivity index (χ1n) is 10.6.